The Hall–Kier alpha value is -2.18. The molecule has 20 heavy (non-hydrogen) atoms. The Kier molecular flexibility index (Phi) is 4.86. The van der Waals surface area contributed by atoms with Crippen molar-refractivity contribution < 1.29 is 5.11 Å². The number of rotatable bonds is 6. The Balaban J connectivity index is 2.43. The van der Waals surface area contributed by atoms with Gasteiger partial charge >= 0.3 is 0 Å². The summed E-state index contributed by atoms with van der Waals surface area (Å²) in [4.78, 5) is 10.9. The lowest BCUT2D eigenvalue weighted by Gasteiger charge is -2.21. The third-order valence-electron chi connectivity index (χ3n) is 2.97. The van der Waals surface area contributed by atoms with Crippen molar-refractivity contribution in [3.63, 3.8) is 0 Å². The summed E-state index contributed by atoms with van der Waals surface area (Å²) in [7, 11) is 0. The van der Waals surface area contributed by atoms with Gasteiger partial charge in [-0.25, -0.2) is 15.8 Å². The smallest absolute Gasteiger partial charge is 0.163 e. The number of nitrogen functional groups attached to an aromatic ring is 1. The van der Waals surface area contributed by atoms with Crippen molar-refractivity contribution in [3.8, 4) is 11.4 Å². The van der Waals surface area contributed by atoms with Crippen LogP contribution in [-0.4, -0.2) is 34.8 Å². The predicted molar refractivity (Wildman–Crippen MR) is 80.3 cm³/mol. The van der Waals surface area contributed by atoms with Crippen LogP contribution in [0.15, 0.2) is 36.4 Å². The molecule has 106 valence electrons. The van der Waals surface area contributed by atoms with Gasteiger partial charge in [0.25, 0.3) is 0 Å². The van der Waals surface area contributed by atoms with Crippen LogP contribution in [-0.2, 0) is 0 Å². The van der Waals surface area contributed by atoms with Crippen LogP contribution in [0.2, 0.25) is 0 Å². The molecule has 4 N–H and O–H groups in total. The van der Waals surface area contributed by atoms with Crippen LogP contribution >= 0.6 is 0 Å². The fourth-order valence-electron chi connectivity index (χ4n) is 1.94. The Morgan fingerprint density at radius 1 is 1.25 bits per heavy atom. The van der Waals surface area contributed by atoms with E-state index >= 15 is 0 Å². The Morgan fingerprint density at radius 3 is 2.60 bits per heavy atom. The van der Waals surface area contributed by atoms with Crippen LogP contribution in [0.5, 0.6) is 0 Å². The number of anilines is 2. The summed E-state index contributed by atoms with van der Waals surface area (Å²) < 4.78 is 0. The summed E-state index contributed by atoms with van der Waals surface area (Å²) in [6.07, 6.45) is 0. The molecule has 0 bridgehead atoms. The van der Waals surface area contributed by atoms with E-state index in [0.717, 1.165) is 17.9 Å². The molecule has 0 aliphatic rings. The SMILES string of the molecule is CCN(CCO)c1cc(NN)nc(-c2ccccc2)n1. The molecule has 6 heteroatoms. The van der Waals surface area contributed by atoms with E-state index in [1.165, 1.54) is 0 Å². The minimum atomic E-state index is 0.0733. The molecular formula is C14H19N5O. The molecule has 0 aliphatic heterocycles. The van der Waals surface area contributed by atoms with E-state index in [9.17, 15) is 0 Å². The highest BCUT2D eigenvalue weighted by Crippen LogP contribution is 2.21. The fraction of sp³-hybridized carbons (Fsp3) is 0.286. The molecule has 1 aromatic heterocycles. The number of hydrogen-bond donors (Lipinski definition) is 3. The van der Waals surface area contributed by atoms with Crippen LogP contribution < -0.4 is 16.2 Å². The van der Waals surface area contributed by atoms with Crippen LogP contribution in [0.25, 0.3) is 11.4 Å². The van der Waals surface area contributed by atoms with Gasteiger partial charge in [0.1, 0.15) is 11.6 Å². The number of aromatic nitrogens is 2. The molecule has 0 spiro atoms. The fourth-order valence-corrected chi connectivity index (χ4v) is 1.94. The monoisotopic (exact) mass is 273 g/mol. The van der Waals surface area contributed by atoms with E-state index < -0.39 is 0 Å². The van der Waals surface area contributed by atoms with Crippen molar-refractivity contribution in [2.75, 3.05) is 30.0 Å². The van der Waals surface area contributed by atoms with Crippen LogP contribution in [0, 0.1) is 0 Å². The molecule has 0 radical (unpaired) electrons. The number of aliphatic hydroxyl groups excluding tert-OH is 1. The number of hydrogen-bond acceptors (Lipinski definition) is 6. The van der Waals surface area contributed by atoms with E-state index in [0.29, 0.717) is 18.2 Å². The molecule has 1 aromatic carbocycles. The molecule has 0 amide bonds. The van der Waals surface area contributed by atoms with Gasteiger partial charge in [-0.15, -0.1) is 0 Å². The number of likely N-dealkylation sites (N-methyl/N-ethyl adjacent to an activating group) is 1. The van der Waals surface area contributed by atoms with Gasteiger partial charge in [0.15, 0.2) is 5.82 Å². The lowest BCUT2D eigenvalue weighted by Crippen LogP contribution is -2.27. The number of nitrogens with one attached hydrogen (secondary N) is 1. The first-order chi connectivity index (χ1) is 9.78. The van der Waals surface area contributed by atoms with Crippen LogP contribution in [0.4, 0.5) is 11.6 Å². The number of hydrazine groups is 1. The predicted octanol–water partition coefficient (Wildman–Crippen LogP) is 1.25. The van der Waals surface area contributed by atoms with Crippen molar-refractivity contribution in [2.45, 2.75) is 6.92 Å². The summed E-state index contributed by atoms with van der Waals surface area (Å²) >= 11 is 0. The zero-order chi connectivity index (χ0) is 14.4. The zero-order valence-corrected chi connectivity index (χ0v) is 11.5. The Labute approximate surface area is 118 Å². The first kappa shape index (κ1) is 14.2. The van der Waals surface area contributed by atoms with E-state index in [-0.39, 0.29) is 6.61 Å². The van der Waals surface area contributed by atoms with Gasteiger partial charge < -0.3 is 15.4 Å². The first-order valence-electron chi connectivity index (χ1n) is 6.55. The third kappa shape index (κ3) is 3.23. The summed E-state index contributed by atoms with van der Waals surface area (Å²) in [5.74, 6) is 7.36. The second-order valence-electron chi connectivity index (χ2n) is 4.25. The number of benzene rings is 1. The lowest BCUT2D eigenvalue weighted by atomic mass is 10.2. The maximum Gasteiger partial charge on any atom is 0.163 e. The quantitative estimate of drug-likeness (QED) is 0.542. The minimum Gasteiger partial charge on any atom is -0.395 e. The van der Waals surface area contributed by atoms with Gasteiger partial charge in [-0.1, -0.05) is 30.3 Å². The summed E-state index contributed by atoms with van der Waals surface area (Å²) in [6.45, 7) is 3.35. The van der Waals surface area contributed by atoms with Crippen LogP contribution in [0.1, 0.15) is 6.92 Å². The summed E-state index contributed by atoms with van der Waals surface area (Å²) in [5.41, 5.74) is 3.48. The largest absolute Gasteiger partial charge is 0.395 e. The van der Waals surface area contributed by atoms with Gasteiger partial charge in [0, 0.05) is 24.7 Å². The summed E-state index contributed by atoms with van der Waals surface area (Å²) in [6, 6.07) is 11.5. The standard InChI is InChI=1S/C14H19N5O/c1-2-19(8-9-20)13-10-12(18-15)16-14(17-13)11-6-4-3-5-7-11/h3-7,10,20H,2,8-9,15H2,1H3,(H,16,17,18). The molecule has 0 saturated carbocycles. The molecule has 1 heterocycles. The Bertz CT molecular complexity index is 547. The number of nitrogens with two attached hydrogens (primary N) is 1. The molecule has 0 aliphatic carbocycles. The topological polar surface area (TPSA) is 87.3 Å². The van der Waals surface area contributed by atoms with Crippen LogP contribution in [0.3, 0.4) is 0 Å². The summed E-state index contributed by atoms with van der Waals surface area (Å²) in [5, 5.41) is 9.12. The second-order valence-corrected chi connectivity index (χ2v) is 4.25. The van der Waals surface area contributed by atoms with Gasteiger partial charge in [0.05, 0.1) is 6.61 Å². The maximum absolute atomic E-state index is 9.12. The minimum absolute atomic E-state index is 0.0733. The number of nitrogens with zero attached hydrogens (tertiary/aromatic N) is 3. The first-order valence-corrected chi connectivity index (χ1v) is 6.55. The molecule has 0 saturated heterocycles. The number of aliphatic hydroxyl groups is 1. The highest BCUT2D eigenvalue weighted by Gasteiger charge is 2.11. The Morgan fingerprint density at radius 2 is 2.00 bits per heavy atom. The van der Waals surface area contributed by atoms with E-state index in [1.807, 2.05) is 42.2 Å². The molecular weight excluding hydrogens is 254 g/mol. The van der Waals surface area contributed by atoms with Crippen molar-refractivity contribution >= 4 is 11.6 Å². The lowest BCUT2D eigenvalue weighted by molar-refractivity contribution is 0.302. The van der Waals surface area contributed by atoms with Gasteiger partial charge in [-0.05, 0) is 6.92 Å². The average molecular weight is 273 g/mol. The van der Waals surface area contributed by atoms with E-state index in [2.05, 4.69) is 15.4 Å². The second kappa shape index (κ2) is 6.83. The molecule has 2 aromatic rings. The molecule has 2 rings (SSSR count). The van der Waals surface area contributed by atoms with Crippen molar-refractivity contribution in [1.82, 2.24) is 9.97 Å². The van der Waals surface area contributed by atoms with Gasteiger partial charge in [0.2, 0.25) is 0 Å². The molecule has 0 atom stereocenters. The third-order valence-corrected chi connectivity index (χ3v) is 2.97. The van der Waals surface area contributed by atoms with Gasteiger partial charge in [-0.2, -0.15) is 0 Å². The normalized spacial score (nSPS) is 10.3. The van der Waals surface area contributed by atoms with Crippen molar-refractivity contribution in [2.24, 2.45) is 5.84 Å². The van der Waals surface area contributed by atoms with Gasteiger partial charge in [-0.3, -0.25) is 0 Å². The highest BCUT2D eigenvalue weighted by molar-refractivity contribution is 5.61. The van der Waals surface area contributed by atoms with E-state index in [1.54, 1.807) is 6.07 Å². The molecule has 0 unspecified atom stereocenters. The molecule has 0 fully saturated rings. The van der Waals surface area contributed by atoms with Crippen molar-refractivity contribution in [3.05, 3.63) is 36.4 Å². The zero-order valence-electron chi connectivity index (χ0n) is 11.5. The maximum atomic E-state index is 9.12. The molecule has 6 nitrogen and oxygen atoms in total. The average Bonchev–Trinajstić information content (AvgIpc) is 2.53. The van der Waals surface area contributed by atoms with Crippen molar-refractivity contribution in [1.29, 1.82) is 0 Å². The highest BCUT2D eigenvalue weighted by atomic mass is 16.3. The van der Waals surface area contributed by atoms with E-state index in [4.69, 9.17) is 10.9 Å².